The summed E-state index contributed by atoms with van der Waals surface area (Å²) >= 11 is 7.88. The fraction of sp³-hybridized carbons (Fsp3) is 0.409. The Morgan fingerprint density at radius 1 is 1.00 bits per heavy atom. The maximum atomic E-state index is 13.3. The van der Waals surface area contributed by atoms with Gasteiger partial charge in [0.25, 0.3) is 0 Å². The van der Waals surface area contributed by atoms with Crippen LogP contribution in [0.15, 0.2) is 46.2 Å². The predicted octanol–water partition coefficient (Wildman–Crippen LogP) is 3.65. The maximum Gasteiger partial charge on any atom is 0.243 e. The van der Waals surface area contributed by atoms with Gasteiger partial charge in [-0.1, -0.05) is 11.6 Å². The normalized spacial score (nSPS) is 19.5. The number of hydrogen-bond acceptors (Lipinski definition) is 6. The minimum atomic E-state index is -3.67. The largest absolute Gasteiger partial charge is 0.486 e. The summed E-state index contributed by atoms with van der Waals surface area (Å²) in [4.78, 5) is 16.3. The van der Waals surface area contributed by atoms with Gasteiger partial charge in [0.1, 0.15) is 13.2 Å². The molecular formula is C22H23ClN2O5S2. The third-order valence-corrected chi connectivity index (χ3v) is 9.18. The molecule has 0 saturated carbocycles. The molecule has 0 unspecified atom stereocenters. The van der Waals surface area contributed by atoms with Crippen LogP contribution in [0.3, 0.4) is 0 Å². The van der Waals surface area contributed by atoms with Crippen molar-refractivity contribution in [3.05, 3.63) is 41.4 Å². The van der Waals surface area contributed by atoms with Crippen molar-refractivity contribution in [2.24, 2.45) is 5.92 Å². The van der Waals surface area contributed by atoms with Crippen LogP contribution in [0.1, 0.15) is 12.8 Å². The van der Waals surface area contributed by atoms with Gasteiger partial charge in [0.05, 0.1) is 10.6 Å². The van der Waals surface area contributed by atoms with E-state index >= 15 is 0 Å². The number of fused-ring (bicyclic) bond motifs is 2. The quantitative estimate of drug-likeness (QED) is 0.648. The average Bonchev–Trinajstić information content (AvgIpc) is 2.83. The minimum absolute atomic E-state index is 0.0465. The monoisotopic (exact) mass is 494 g/mol. The summed E-state index contributed by atoms with van der Waals surface area (Å²) in [6.45, 7) is 2.09. The molecule has 3 heterocycles. The van der Waals surface area contributed by atoms with Crippen LogP contribution in [0.4, 0.5) is 5.69 Å². The Bertz CT molecular complexity index is 1150. The SMILES string of the molecule is O=C(C1CCN(S(=O)(=O)c2ccc3c(c2)OCCO3)CC1)N1CCSc2ccc(Cl)cc21. The lowest BCUT2D eigenvalue weighted by Gasteiger charge is -2.36. The maximum absolute atomic E-state index is 13.3. The molecule has 1 fully saturated rings. The number of amides is 1. The summed E-state index contributed by atoms with van der Waals surface area (Å²) < 4.78 is 38.8. The van der Waals surface area contributed by atoms with Gasteiger partial charge in [-0.3, -0.25) is 4.79 Å². The van der Waals surface area contributed by atoms with Crippen molar-refractivity contribution in [2.45, 2.75) is 22.6 Å². The van der Waals surface area contributed by atoms with E-state index in [0.717, 1.165) is 16.3 Å². The van der Waals surface area contributed by atoms with Crippen molar-refractivity contribution in [1.82, 2.24) is 4.31 Å². The minimum Gasteiger partial charge on any atom is -0.486 e. The molecule has 0 atom stereocenters. The first-order chi connectivity index (χ1) is 15.4. The van der Waals surface area contributed by atoms with Crippen LogP contribution < -0.4 is 14.4 Å². The lowest BCUT2D eigenvalue weighted by Crippen LogP contribution is -2.45. The molecule has 0 bridgehead atoms. The third kappa shape index (κ3) is 4.07. The topological polar surface area (TPSA) is 76.2 Å². The number of rotatable bonds is 3. The van der Waals surface area contributed by atoms with Crippen LogP contribution in [-0.4, -0.2) is 57.2 Å². The highest BCUT2D eigenvalue weighted by Gasteiger charge is 2.36. The Kier molecular flexibility index (Phi) is 6.00. The van der Waals surface area contributed by atoms with E-state index < -0.39 is 10.0 Å². The van der Waals surface area contributed by atoms with Gasteiger partial charge >= 0.3 is 0 Å². The summed E-state index contributed by atoms with van der Waals surface area (Å²) in [7, 11) is -3.67. The second-order valence-electron chi connectivity index (χ2n) is 7.93. The lowest BCUT2D eigenvalue weighted by atomic mass is 9.96. The first-order valence-corrected chi connectivity index (χ1v) is 13.4. The van der Waals surface area contributed by atoms with E-state index in [1.807, 2.05) is 23.1 Å². The Hall–Kier alpha value is -1.94. The van der Waals surface area contributed by atoms with Crippen LogP contribution >= 0.6 is 23.4 Å². The summed E-state index contributed by atoms with van der Waals surface area (Å²) in [6.07, 6.45) is 0.977. The number of hydrogen-bond donors (Lipinski definition) is 0. The Balaban J connectivity index is 1.28. The molecule has 2 aromatic carbocycles. The highest BCUT2D eigenvalue weighted by atomic mass is 35.5. The molecule has 10 heteroatoms. The fourth-order valence-electron chi connectivity index (χ4n) is 4.32. The van der Waals surface area contributed by atoms with Crippen molar-refractivity contribution in [3.63, 3.8) is 0 Å². The van der Waals surface area contributed by atoms with Crippen molar-refractivity contribution < 1.29 is 22.7 Å². The fourth-order valence-corrected chi connectivity index (χ4v) is 6.94. The Labute approximate surface area is 196 Å². The number of benzene rings is 2. The first kappa shape index (κ1) is 21.9. The zero-order valence-corrected chi connectivity index (χ0v) is 19.7. The second kappa shape index (κ2) is 8.78. The van der Waals surface area contributed by atoms with Gasteiger partial charge in [-0.2, -0.15) is 4.31 Å². The lowest BCUT2D eigenvalue weighted by molar-refractivity contribution is -0.123. The van der Waals surface area contributed by atoms with Gasteiger partial charge in [-0.15, -0.1) is 11.8 Å². The Morgan fingerprint density at radius 3 is 2.53 bits per heavy atom. The van der Waals surface area contributed by atoms with E-state index in [1.165, 1.54) is 10.4 Å². The standard InChI is InChI=1S/C22H23ClN2O5S2/c23-16-1-4-21-18(13-16)25(9-12-31-21)22(26)15-5-7-24(8-6-15)32(27,28)17-2-3-19-20(14-17)30-11-10-29-19/h1-4,13-15H,5-12H2. The van der Waals surface area contributed by atoms with Crippen LogP contribution in [0.5, 0.6) is 11.5 Å². The Morgan fingerprint density at radius 2 is 1.75 bits per heavy atom. The van der Waals surface area contributed by atoms with Gasteiger partial charge in [0, 0.05) is 47.3 Å². The molecule has 0 aliphatic carbocycles. The average molecular weight is 495 g/mol. The first-order valence-electron chi connectivity index (χ1n) is 10.6. The molecule has 0 spiro atoms. The molecule has 1 amide bonds. The van der Waals surface area contributed by atoms with Crippen molar-refractivity contribution in [1.29, 1.82) is 0 Å². The van der Waals surface area contributed by atoms with Gasteiger partial charge in [0.2, 0.25) is 15.9 Å². The molecule has 32 heavy (non-hydrogen) atoms. The summed E-state index contributed by atoms with van der Waals surface area (Å²) in [5.74, 6) is 1.67. The van der Waals surface area contributed by atoms with E-state index in [2.05, 4.69) is 0 Å². The van der Waals surface area contributed by atoms with Crippen molar-refractivity contribution in [2.75, 3.05) is 43.5 Å². The number of carbonyl (C=O) groups is 1. The predicted molar refractivity (Wildman–Crippen MR) is 123 cm³/mol. The molecular weight excluding hydrogens is 472 g/mol. The highest BCUT2D eigenvalue weighted by molar-refractivity contribution is 7.99. The summed E-state index contributed by atoms with van der Waals surface area (Å²) in [5.41, 5.74) is 0.852. The van der Waals surface area contributed by atoms with Gasteiger partial charge < -0.3 is 14.4 Å². The highest BCUT2D eigenvalue weighted by Crippen LogP contribution is 2.38. The van der Waals surface area contributed by atoms with Gasteiger partial charge in [-0.05, 0) is 43.2 Å². The molecule has 0 aromatic heterocycles. The molecule has 0 N–H and O–H groups in total. The van der Waals surface area contributed by atoms with Crippen molar-refractivity contribution >= 4 is 45.0 Å². The second-order valence-corrected chi connectivity index (χ2v) is 11.4. The number of sulfonamides is 1. The van der Waals surface area contributed by atoms with E-state index in [-0.39, 0.29) is 16.7 Å². The molecule has 3 aliphatic heterocycles. The number of thioether (sulfide) groups is 1. The number of piperidine rings is 1. The molecule has 1 saturated heterocycles. The number of nitrogens with zero attached hydrogens (tertiary/aromatic N) is 2. The van der Waals surface area contributed by atoms with E-state index in [1.54, 1.807) is 23.9 Å². The summed E-state index contributed by atoms with van der Waals surface area (Å²) in [6, 6.07) is 10.3. The van der Waals surface area contributed by atoms with Crippen molar-refractivity contribution in [3.8, 4) is 11.5 Å². The number of ether oxygens (including phenoxy) is 2. The number of carbonyl (C=O) groups excluding carboxylic acids is 1. The molecule has 2 aromatic rings. The summed E-state index contributed by atoms with van der Waals surface area (Å²) in [5, 5.41) is 0.601. The zero-order valence-electron chi connectivity index (χ0n) is 17.3. The number of halogens is 1. The van der Waals surface area contributed by atoms with Crippen LogP contribution in [-0.2, 0) is 14.8 Å². The van der Waals surface area contributed by atoms with Crippen LogP contribution in [0.2, 0.25) is 5.02 Å². The molecule has 7 nitrogen and oxygen atoms in total. The molecule has 0 radical (unpaired) electrons. The van der Waals surface area contributed by atoms with E-state index in [0.29, 0.717) is 62.2 Å². The molecule has 5 rings (SSSR count). The van der Waals surface area contributed by atoms with E-state index in [9.17, 15) is 13.2 Å². The van der Waals surface area contributed by atoms with Crippen LogP contribution in [0.25, 0.3) is 0 Å². The van der Waals surface area contributed by atoms with Gasteiger partial charge in [0.15, 0.2) is 11.5 Å². The van der Waals surface area contributed by atoms with Crippen LogP contribution in [0, 0.1) is 5.92 Å². The van der Waals surface area contributed by atoms with E-state index in [4.69, 9.17) is 21.1 Å². The molecule has 170 valence electrons. The smallest absolute Gasteiger partial charge is 0.243 e. The zero-order chi connectivity index (χ0) is 22.3. The third-order valence-electron chi connectivity index (χ3n) is 6.00. The number of anilines is 1. The molecule has 3 aliphatic rings. The van der Waals surface area contributed by atoms with Gasteiger partial charge in [-0.25, -0.2) is 8.42 Å².